The molecule has 0 rings (SSSR count). The zero-order valence-corrected chi connectivity index (χ0v) is 7.04. The molecular weight excluding hydrogens is 128 g/mol. The predicted molar refractivity (Wildman–Crippen MR) is 41.8 cm³/mol. The van der Waals surface area contributed by atoms with Crippen LogP contribution in [-0.4, -0.2) is 22.4 Å². The van der Waals surface area contributed by atoms with Crippen LogP contribution in [0.1, 0.15) is 33.6 Å². The number of rotatable bonds is 4. The summed E-state index contributed by atoms with van der Waals surface area (Å²) < 4.78 is 0. The first-order valence-electron chi connectivity index (χ1n) is 3.99. The summed E-state index contributed by atoms with van der Waals surface area (Å²) in [5.41, 5.74) is 0. The predicted octanol–water partition coefficient (Wildman–Crippen LogP) is 1.16. The van der Waals surface area contributed by atoms with Gasteiger partial charge in [0.15, 0.2) is 0 Å². The molecule has 0 aromatic carbocycles. The van der Waals surface area contributed by atoms with E-state index >= 15 is 0 Å². The van der Waals surface area contributed by atoms with Gasteiger partial charge in [0.1, 0.15) is 0 Å². The molecule has 2 heteroatoms. The van der Waals surface area contributed by atoms with Crippen molar-refractivity contribution in [1.29, 1.82) is 0 Å². The van der Waals surface area contributed by atoms with Crippen molar-refractivity contribution in [3.05, 3.63) is 0 Å². The highest BCUT2D eigenvalue weighted by atomic mass is 16.3. The fraction of sp³-hybridized carbons (Fsp3) is 1.00. The van der Waals surface area contributed by atoms with Crippen molar-refractivity contribution in [3.63, 3.8) is 0 Å². The fourth-order valence-corrected chi connectivity index (χ4v) is 0.862. The van der Waals surface area contributed by atoms with Gasteiger partial charge in [-0.2, -0.15) is 0 Å². The Morgan fingerprint density at radius 3 is 1.90 bits per heavy atom. The molecule has 0 spiro atoms. The molecule has 0 amide bonds. The number of hydrogen-bond acceptors (Lipinski definition) is 2. The van der Waals surface area contributed by atoms with Crippen LogP contribution in [0.4, 0.5) is 0 Å². The van der Waals surface area contributed by atoms with Crippen LogP contribution in [-0.2, 0) is 0 Å². The highest BCUT2D eigenvalue weighted by molar-refractivity contribution is 4.70. The van der Waals surface area contributed by atoms with Crippen LogP contribution < -0.4 is 0 Å². The Labute approximate surface area is 62.9 Å². The van der Waals surface area contributed by atoms with Crippen LogP contribution in [0.25, 0.3) is 0 Å². The Morgan fingerprint density at radius 2 is 1.60 bits per heavy atom. The fourth-order valence-electron chi connectivity index (χ4n) is 0.862. The van der Waals surface area contributed by atoms with E-state index in [2.05, 4.69) is 0 Å². The molecule has 0 aliphatic heterocycles. The van der Waals surface area contributed by atoms with Crippen molar-refractivity contribution in [1.82, 2.24) is 0 Å². The highest BCUT2D eigenvalue weighted by Gasteiger charge is 2.19. The van der Waals surface area contributed by atoms with Gasteiger partial charge in [-0.15, -0.1) is 0 Å². The molecule has 2 nitrogen and oxygen atoms in total. The Morgan fingerprint density at radius 1 is 1.10 bits per heavy atom. The lowest BCUT2D eigenvalue weighted by atomic mass is 9.96. The van der Waals surface area contributed by atoms with E-state index in [1.165, 1.54) is 0 Å². The Balaban J connectivity index is 3.69. The van der Waals surface area contributed by atoms with Gasteiger partial charge in [0, 0.05) is 0 Å². The molecule has 62 valence electrons. The summed E-state index contributed by atoms with van der Waals surface area (Å²) in [4.78, 5) is 0. The summed E-state index contributed by atoms with van der Waals surface area (Å²) in [5, 5.41) is 18.5. The van der Waals surface area contributed by atoms with Crippen LogP contribution in [0.5, 0.6) is 0 Å². The van der Waals surface area contributed by atoms with E-state index in [9.17, 15) is 10.2 Å². The summed E-state index contributed by atoms with van der Waals surface area (Å²) >= 11 is 0. The van der Waals surface area contributed by atoms with Gasteiger partial charge in [-0.25, -0.2) is 0 Å². The lowest BCUT2D eigenvalue weighted by molar-refractivity contribution is -0.0149. The topological polar surface area (TPSA) is 40.5 Å². The first-order chi connectivity index (χ1) is 4.63. The van der Waals surface area contributed by atoms with Gasteiger partial charge in [0.05, 0.1) is 12.2 Å². The van der Waals surface area contributed by atoms with Crippen molar-refractivity contribution < 1.29 is 10.2 Å². The minimum absolute atomic E-state index is 0.204. The van der Waals surface area contributed by atoms with Crippen LogP contribution in [0.2, 0.25) is 0 Å². The summed E-state index contributed by atoms with van der Waals surface area (Å²) in [6.45, 7) is 5.83. The van der Waals surface area contributed by atoms with Crippen molar-refractivity contribution >= 4 is 0 Å². The first-order valence-corrected chi connectivity index (χ1v) is 3.99. The van der Waals surface area contributed by atoms with E-state index in [0.717, 1.165) is 6.42 Å². The summed E-state index contributed by atoms with van der Waals surface area (Å²) in [5.74, 6) is 0.204. The monoisotopic (exact) mass is 146 g/mol. The maximum Gasteiger partial charge on any atom is 0.0824 e. The molecular formula is C8H18O2. The summed E-state index contributed by atoms with van der Waals surface area (Å²) in [6.07, 6.45) is 0.453. The molecule has 0 saturated carbocycles. The standard InChI is InChI=1S/C8H18O2/c1-4-6(3)8(10)7(9)5-2/h6-10H,4-5H2,1-3H3/t6-,7-,8?/m1/s1. The molecule has 0 radical (unpaired) electrons. The van der Waals surface area contributed by atoms with Gasteiger partial charge < -0.3 is 10.2 Å². The molecule has 0 heterocycles. The van der Waals surface area contributed by atoms with Crippen molar-refractivity contribution in [2.75, 3.05) is 0 Å². The van der Waals surface area contributed by atoms with Gasteiger partial charge in [0.2, 0.25) is 0 Å². The second kappa shape index (κ2) is 4.69. The maximum atomic E-state index is 9.34. The van der Waals surface area contributed by atoms with E-state index in [-0.39, 0.29) is 5.92 Å². The molecule has 0 aromatic heterocycles. The molecule has 1 unspecified atom stereocenters. The molecule has 0 fully saturated rings. The molecule has 0 aromatic rings. The third-order valence-corrected chi connectivity index (χ3v) is 2.04. The van der Waals surface area contributed by atoms with Crippen LogP contribution in [0, 0.1) is 5.92 Å². The SMILES string of the molecule is CC[C@@H](C)C(O)[C@H](O)CC. The summed E-state index contributed by atoms with van der Waals surface area (Å²) in [6, 6.07) is 0. The molecule has 2 N–H and O–H groups in total. The Bertz CT molecular complexity index is 73.3. The normalized spacial score (nSPS) is 20.1. The molecule has 0 saturated heterocycles. The van der Waals surface area contributed by atoms with Crippen LogP contribution in [0.15, 0.2) is 0 Å². The van der Waals surface area contributed by atoms with Crippen LogP contribution >= 0.6 is 0 Å². The Kier molecular flexibility index (Phi) is 4.65. The van der Waals surface area contributed by atoms with Gasteiger partial charge in [-0.1, -0.05) is 27.2 Å². The zero-order valence-electron chi connectivity index (χ0n) is 7.04. The molecule has 0 aliphatic rings. The van der Waals surface area contributed by atoms with E-state index in [4.69, 9.17) is 0 Å². The zero-order chi connectivity index (χ0) is 8.15. The van der Waals surface area contributed by atoms with Crippen molar-refractivity contribution in [2.24, 2.45) is 5.92 Å². The summed E-state index contributed by atoms with van der Waals surface area (Å²) in [7, 11) is 0. The van der Waals surface area contributed by atoms with E-state index in [0.29, 0.717) is 6.42 Å². The number of aliphatic hydroxyl groups excluding tert-OH is 2. The highest BCUT2D eigenvalue weighted by Crippen LogP contribution is 2.12. The first kappa shape index (κ1) is 9.92. The number of aliphatic hydroxyl groups is 2. The van der Waals surface area contributed by atoms with Crippen molar-refractivity contribution in [2.45, 2.75) is 45.8 Å². The minimum atomic E-state index is -0.546. The van der Waals surface area contributed by atoms with Crippen LogP contribution in [0.3, 0.4) is 0 Å². The molecule has 3 atom stereocenters. The second-order valence-electron chi connectivity index (χ2n) is 2.85. The van der Waals surface area contributed by atoms with Gasteiger partial charge >= 0.3 is 0 Å². The maximum absolute atomic E-state index is 9.34. The number of hydrogen-bond donors (Lipinski definition) is 2. The van der Waals surface area contributed by atoms with E-state index in [1.807, 2.05) is 20.8 Å². The average molecular weight is 146 g/mol. The molecule has 0 aliphatic carbocycles. The van der Waals surface area contributed by atoms with E-state index in [1.54, 1.807) is 0 Å². The third kappa shape index (κ3) is 2.67. The average Bonchev–Trinajstić information content (AvgIpc) is 2.00. The largest absolute Gasteiger partial charge is 0.390 e. The lowest BCUT2D eigenvalue weighted by Gasteiger charge is -2.21. The van der Waals surface area contributed by atoms with Gasteiger partial charge in [-0.05, 0) is 12.3 Å². The Hall–Kier alpha value is -0.0800. The lowest BCUT2D eigenvalue weighted by Crippen LogP contribution is -2.31. The van der Waals surface area contributed by atoms with E-state index < -0.39 is 12.2 Å². The van der Waals surface area contributed by atoms with Gasteiger partial charge in [-0.3, -0.25) is 0 Å². The third-order valence-electron chi connectivity index (χ3n) is 2.04. The molecule has 10 heavy (non-hydrogen) atoms. The minimum Gasteiger partial charge on any atom is -0.390 e. The smallest absolute Gasteiger partial charge is 0.0824 e. The molecule has 0 bridgehead atoms. The van der Waals surface area contributed by atoms with Crippen molar-refractivity contribution in [3.8, 4) is 0 Å². The van der Waals surface area contributed by atoms with Gasteiger partial charge in [0.25, 0.3) is 0 Å². The quantitative estimate of drug-likeness (QED) is 0.625. The second-order valence-corrected chi connectivity index (χ2v) is 2.85.